The maximum absolute atomic E-state index is 13.6. The molecule has 1 saturated heterocycles. The van der Waals surface area contributed by atoms with E-state index in [4.69, 9.17) is 31.8 Å². The number of hydrogen-bond acceptors (Lipinski definition) is 6. The Morgan fingerprint density at radius 3 is 2.81 bits per heavy atom. The minimum Gasteiger partial charge on any atom is -0.487 e. The van der Waals surface area contributed by atoms with Crippen LogP contribution < -0.4 is 10.5 Å². The smallest absolute Gasteiger partial charge is 0.265 e. The summed E-state index contributed by atoms with van der Waals surface area (Å²) in [5.74, 6) is 0.483. The van der Waals surface area contributed by atoms with Crippen LogP contribution in [0.1, 0.15) is 30.9 Å². The third-order valence-electron chi connectivity index (χ3n) is 6.58. The number of benzene rings is 2. The molecule has 3 aliphatic rings. The van der Waals surface area contributed by atoms with Gasteiger partial charge < -0.3 is 15.2 Å². The molecule has 0 saturated carbocycles. The van der Waals surface area contributed by atoms with Crippen LogP contribution in [-0.4, -0.2) is 42.1 Å². The average Bonchev–Trinajstić information content (AvgIpc) is 2.99. The quantitative estimate of drug-likeness (QED) is 0.739. The van der Waals surface area contributed by atoms with Gasteiger partial charge in [0.05, 0.1) is 11.6 Å². The van der Waals surface area contributed by atoms with Crippen LogP contribution in [0, 0.1) is 11.3 Å². The van der Waals surface area contributed by atoms with Gasteiger partial charge in [0.25, 0.3) is 5.91 Å². The van der Waals surface area contributed by atoms with Crippen molar-refractivity contribution >= 4 is 23.5 Å². The summed E-state index contributed by atoms with van der Waals surface area (Å²) < 4.78 is 12.6. The highest BCUT2D eigenvalue weighted by Gasteiger charge is 2.68. The fourth-order valence-electron chi connectivity index (χ4n) is 4.91. The summed E-state index contributed by atoms with van der Waals surface area (Å²) in [5.41, 5.74) is 6.37. The van der Waals surface area contributed by atoms with Gasteiger partial charge in [-0.15, -0.1) is 0 Å². The second-order valence-electron chi connectivity index (χ2n) is 8.30. The van der Waals surface area contributed by atoms with Gasteiger partial charge in [0.1, 0.15) is 17.5 Å². The van der Waals surface area contributed by atoms with E-state index >= 15 is 0 Å². The molecular weight excluding hydrogens is 416 g/mol. The van der Waals surface area contributed by atoms with Crippen LogP contribution in [0.15, 0.2) is 41.4 Å². The van der Waals surface area contributed by atoms with Gasteiger partial charge in [-0.05, 0) is 61.2 Å². The SMILES string of the molecule is CN1C(=O)C2(N=C1N)c1cc(-c3cc(Cl)cc(C#N)c3)ccc1OC1CCCOC12C. The Labute approximate surface area is 185 Å². The summed E-state index contributed by atoms with van der Waals surface area (Å²) in [4.78, 5) is 19.7. The normalized spacial score (nSPS) is 29.1. The number of carbonyl (C=O) groups excluding carboxylic acids is 1. The van der Waals surface area contributed by atoms with Gasteiger partial charge in [-0.3, -0.25) is 9.69 Å². The van der Waals surface area contributed by atoms with Crippen molar-refractivity contribution in [2.45, 2.75) is 37.0 Å². The lowest BCUT2D eigenvalue weighted by atomic mass is 9.68. The first kappa shape index (κ1) is 19.9. The molecule has 1 amide bonds. The van der Waals surface area contributed by atoms with Crippen molar-refractivity contribution in [2.24, 2.45) is 10.7 Å². The molecule has 3 aliphatic heterocycles. The number of nitrogens with zero attached hydrogens (tertiary/aromatic N) is 3. The molecule has 7 nitrogen and oxygen atoms in total. The van der Waals surface area contributed by atoms with Crippen LogP contribution in [0.2, 0.25) is 5.02 Å². The summed E-state index contributed by atoms with van der Waals surface area (Å²) in [6.07, 6.45) is 1.26. The molecule has 0 radical (unpaired) electrons. The highest BCUT2D eigenvalue weighted by Crippen LogP contribution is 2.55. The van der Waals surface area contributed by atoms with E-state index in [1.54, 1.807) is 25.2 Å². The van der Waals surface area contributed by atoms with E-state index in [9.17, 15) is 10.1 Å². The Bertz CT molecular complexity index is 1190. The van der Waals surface area contributed by atoms with E-state index in [1.165, 1.54) is 4.90 Å². The molecule has 1 spiro atoms. The average molecular weight is 437 g/mol. The zero-order valence-corrected chi connectivity index (χ0v) is 17.9. The molecule has 0 bridgehead atoms. The van der Waals surface area contributed by atoms with E-state index in [1.807, 2.05) is 25.1 Å². The van der Waals surface area contributed by atoms with Crippen LogP contribution >= 0.6 is 11.6 Å². The molecule has 0 aromatic heterocycles. The number of aliphatic imine (C=N–C) groups is 1. The van der Waals surface area contributed by atoms with Crippen molar-refractivity contribution in [3.05, 3.63) is 52.5 Å². The molecule has 1 fully saturated rings. The molecular formula is C23H21ClN4O3. The Morgan fingerprint density at radius 1 is 1.29 bits per heavy atom. The highest BCUT2D eigenvalue weighted by molar-refractivity contribution is 6.31. The first-order valence-electron chi connectivity index (χ1n) is 10.1. The van der Waals surface area contributed by atoms with Crippen LogP contribution in [0.3, 0.4) is 0 Å². The lowest BCUT2D eigenvalue weighted by molar-refractivity contribution is -0.191. The Morgan fingerprint density at radius 2 is 2.10 bits per heavy atom. The van der Waals surface area contributed by atoms with Crippen molar-refractivity contribution in [2.75, 3.05) is 13.7 Å². The lowest BCUT2D eigenvalue weighted by Gasteiger charge is -2.52. The molecule has 3 heterocycles. The summed E-state index contributed by atoms with van der Waals surface area (Å²) in [6.45, 7) is 2.40. The maximum Gasteiger partial charge on any atom is 0.265 e. The number of halogens is 1. The van der Waals surface area contributed by atoms with Crippen LogP contribution in [0.5, 0.6) is 5.75 Å². The van der Waals surface area contributed by atoms with E-state index < -0.39 is 11.1 Å². The van der Waals surface area contributed by atoms with Gasteiger partial charge in [-0.25, -0.2) is 4.99 Å². The number of likely N-dealkylation sites (N-methyl/N-ethyl adjacent to an activating group) is 1. The molecule has 3 atom stereocenters. The van der Waals surface area contributed by atoms with E-state index in [-0.39, 0.29) is 18.0 Å². The zero-order valence-electron chi connectivity index (χ0n) is 17.2. The summed E-state index contributed by atoms with van der Waals surface area (Å²) in [6, 6.07) is 12.9. The molecule has 2 aromatic carbocycles. The third kappa shape index (κ3) is 2.62. The van der Waals surface area contributed by atoms with Crippen molar-refractivity contribution in [1.29, 1.82) is 5.26 Å². The summed E-state index contributed by atoms with van der Waals surface area (Å²) in [5, 5.41) is 9.78. The topological polar surface area (TPSA) is 101 Å². The Hall–Kier alpha value is -3.08. The molecule has 3 unspecified atom stereocenters. The van der Waals surface area contributed by atoms with Gasteiger partial charge in [0.15, 0.2) is 5.96 Å². The molecule has 2 aromatic rings. The van der Waals surface area contributed by atoms with Gasteiger partial charge in [0, 0.05) is 24.2 Å². The van der Waals surface area contributed by atoms with Gasteiger partial charge in [0.2, 0.25) is 5.54 Å². The van der Waals surface area contributed by atoms with Crippen LogP contribution in [-0.2, 0) is 15.1 Å². The monoisotopic (exact) mass is 436 g/mol. The lowest BCUT2D eigenvalue weighted by Crippen LogP contribution is -2.67. The van der Waals surface area contributed by atoms with Gasteiger partial charge >= 0.3 is 0 Å². The highest BCUT2D eigenvalue weighted by atomic mass is 35.5. The number of fused-ring (bicyclic) bond motifs is 4. The third-order valence-corrected chi connectivity index (χ3v) is 6.80. The molecule has 31 heavy (non-hydrogen) atoms. The molecule has 5 rings (SSSR count). The number of nitriles is 1. The summed E-state index contributed by atoms with van der Waals surface area (Å²) >= 11 is 6.22. The second kappa shape index (κ2) is 6.71. The molecule has 8 heteroatoms. The number of amides is 1. The maximum atomic E-state index is 13.6. The fraction of sp³-hybridized carbons (Fsp3) is 0.348. The van der Waals surface area contributed by atoms with E-state index in [2.05, 4.69) is 6.07 Å². The number of hydrogen-bond donors (Lipinski definition) is 1. The minimum absolute atomic E-state index is 0.145. The van der Waals surface area contributed by atoms with E-state index in [0.717, 1.165) is 24.0 Å². The number of guanidine groups is 1. The van der Waals surface area contributed by atoms with Crippen molar-refractivity contribution in [3.8, 4) is 22.9 Å². The van der Waals surface area contributed by atoms with Crippen molar-refractivity contribution in [1.82, 2.24) is 4.90 Å². The second-order valence-corrected chi connectivity index (χ2v) is 8.74. The Balaban J connectivity index is 1.76. The fourth-order valence-corrected chi connectivity index (χ4v) is 5.14. The van der Waals surface area contributed by atoms with Crippen LogP contribution in [0.25, 0.3) is 11.1 Å². The number of nitrogens with two attached hydrogens (primary N) is 1. The number of carbonyl (C=O) groups is 1. The largest absolute Gasteiger partial charge is 0.487 e. The molecule has 0 aliphatic carbocycles. The van der Waals surface area contributed by atoms with Gasteiger partial charge in [-0.2, -0.15) is 5.26 Å². The van der Waals surface area contributed by atoms with E-state index in [0.29, 0.717) is 28.5 Å². The standard InChI is InChI=1S/C23H21ClN4O3/c1-22-19(4-3-7-30-22)31-18-6-5-14(15-8-13(12-25)9-16(24)10-15)11-17(18)23(22)20(29)28(2)21(26)27-23/h5-6,8-11,19H,3-4,7H2,1-2H3,(H2,26,27). The van der Waals surface area contributed by atoms with Gasteiger partial charge in [-0.1, -0.05) is 17.7 Å². The summed E-state index contributed by atoms with van der Waals surface area (Å²) in [7, 11) is 1.62. The number of ether oxygens (including phenoxy) is 2. The molecule has 2 N–H and O–H groups in total. The first-order chi connectivity index (χ1) is 14.8. The van der Waals surface area contributed by atoms with Crippen molar-refractivity contribution in [3.63, 3.8) is 0 Å². The predicted molar refractivity (Wildman–Crippen MR) is 116 cm³/mol. The predicted octanol–water partition coefficient (Wildman–Crippen LogP) is 3.19. The Kier molecular flexibility index (Phi) is 4.30. The minimum atomic E-state index is -1.35. The molecule has 158 valence electrons. The number of rotatable bonds is 1. The first-order valence-corrected chi connectivity index (χ1v) is 10.5. The zero-order chi connectivity index (χ0) is 22.0. The van der Waals surface area contributed by atoms with Crippen LogP contribution in [0.4, 0.5) is 0 Å². The van der Waals surface area contributed by atoms with Crippen molar-refractivity contribution < 1.29 is 14.3 Å².